The number of aromatic nitrogens is 1. The topological polar surface area (TPSA) is 31.8 Å². The van der Waals surface area contributed by atoms with E-state index in [1.54, 1.807) is 0 Å². The van der Waals surface area contributed by atoms with Crippen LogP contribution in [0.25, 0.3) is 10.9 Å². The van der Waals surface area contributed by atoms with Gasteiger partial charge in [-0.1, -0.05) is 19.6 Å². The summed E-state index contributed by atoms with van der Waals surface area (Å²) in [5, 5.41) is 9.68. The average Bonchev–Trinajstić information content (AvgIpc) is 2.57. The fourth-order valence-corrected chi connectivity index (χ4v) is 2.34. The third-order valence-electron chi connectivity index (χ3n) is 3.65. The maximum atomic E-state index is 4.29. The highest BCUT2D eigenvalue weighted by Gasteiger charge is 2.04. The minimum absolute atomic E-state index is 0.622. The molecule has 0 aliphatic rings. The molecule has 0 amide bonds. The Hall–Kier alpha value is -2.75. The van der Waals surface area contributed by atoms with E-state index in [0.29, 0.717) is 5.70 Å². The zero-order chi connectivity index (χ0) is 17.5. The third kappa shape index (κ3) is 4.62. The van der Waals surface area contributed by atoms with Crippen molar-refractivity contribution >= 4 is 16.6 Å². The molecule has 0 saturated heterocycles. The molecule has 0 spiro atoms. The Bertz CT molecular complexity index is 813. The molecule has 2 aromatic rings. The van der Waals surface area contributed by atoms with E-state index in [0.717, 1.165) is 23.3 Å². The number of likely N-dealkylation sites (N-methyl/N-ethyl adjacent to an activating group) is 1. The molecule has 0 saturated carbocycles. The normalized spacial score (nSPS) is 12.4. The molecule has 124 valence electrons. The Morgan fingerprint density at radius 1 is 1.25 bits per heavy atom. The van der Waals surface area contributed by atoms with Crippen LogP contribution in [0.1, 0.15) is 13.3 Å². The van der Waals surface area contributed by atoms with Gasteiger partial charge in [-0.2, -0.15) is 10.2 Å². The SMILES string of the molecule is C=C(/C=C\C(=C/CC)N(C)C)N=Nc1ccc2ccc[n+](C)c2c1. The van der Waals surface area contributed by atoms with Crippen molar-refractivity contribution in [2.24, 2.45) is 17.3 Å². The molecule has 1 aromatic carbocycles. The summed E-state index contributed by atoms with van der Waals surface area (Å²) in [6.07, 6.45) is 9.05. The number of hydrogen-bond donors (Lipinski definition) is 0. The van der Waals surface area contributed by atoms with E-state index in [2.05, 4.69) is 51.4 Å². The predicted octanol–water partition coefficient (Wildman–Crippen LogP) is 4.67. The van der Waals surface area contributed by atoms with Gasteiger partial charge in [0.05, 0.1) is 11.4 Å². The van der Waals surface area contributed by atoms with Crippen molar-refractivity contribution in [1.82, 2.24) is 4.90 Å². The van der Waals surface area contributed by atoms with Crippen molar-refractivity contribution in [2.45, 2.75) is 13.3 Å². The molecule has 0 aliphatic heterocycles. The molecular formula is C20H25N4+. The maximum absolute atomic E-state index is 4.29. The molecular weight excluding hydrogens is 296 g/mol. The lowest BCUT2D eigenvalue weighted by atomic mass is 10.2. The monoisotopic (exact) mass is 321 g/mol. The standard InChI is InChI=1S/C20H25N4/c1-6-8-19(23(3)4)13-10-16(2)21-22-18-12-11-17-9-7-14-24(5)20(17)15-18/h7-15H,2,6H2,1,3-5H3/q+1/b13-10-,19-8+. The van der Waals surface area contributed by atoms with Crippen LogP contribution in [-0.2, 0) is 7.05 Å². The molecule has 0 aliphatic carbocycles. The Labute approximate surface area is 144 Å². The second-order valence-electron chi connectivity index (χ2n) is 5.82. The summed E-state index contributed by atoms with van der Waals surface area (Å²) in [5.74, 6) is 0. The summed E-state index contributed by atoms with van der Waals surface area (Å²) in [5.41, 5.74) is 3.69. The molecule has 24 heavy (non-hydrogen) atoms. The van der Waals surface area contributed by atoms with Crippen LogP contribution in [0.2, 0.25) is 0 Å². The zero-order valence-corrected chi connectivity index (χ0v) is 14.9. The fourth-order valence-electron chi connectivity index (χ4n) is 2.34. The van der Waals surface area contributed by atoms with Crippen LogP contribution >= 0.6 is 0 Å². The number of azo groups is 1. The Kier molecular flexibility index (Phi) is 6.01. The lowest BCUT2D eigenvalue weighted by Gasteiger charge is -2.13. The van der Waals surface area contributed by atoms with Gasteiger partial charge in [-0.05, 0) is 36.8 Å². The summed E-state index contributed by atoms with van der Waals surface area (Å²) in [4.78, 5) is 2.06. The van der Waals surface area contributed by atoms with E-state index in [1.807, 2.05) is 57.7 Å². The minimum atomic E-state index is 0.622. The first-order valence-electron chi connectivity index (χ1n) is 8.06. The van der Waals surface area contributed by atoms with Gasteiger partial charge in [0.2, 0.25) is 5.52 Å². The summed E-state index contributed by atoms with van der Waals surface area (Å²) in [6.45, 7) is 6.06. The predicted molar refractivity (Wildman–Crippen MR) is 100.0 cm³/mol. The number of benzene rings is 1. The Balaban J connectivity index is 2.14. The van der Waals surface area contributed by atoms with Gasteiger partial charge in [0.25, 0.3) is 0 Å². The van der Waals surface area contributed by atoms with Crippen LogP contribution in [0.5, 0.6) is 0 Å². The van der Waals surface area contributed by atoms with Crippen molar-refractivity contribution in [3.8, 4) is 0 Å². The largest absolute Gasteiger partial charge is 0.378 e. The first-order chi connectivity index (χ1) is 11.5. The summed E-state index contributed by atoms with van der Waals surface area (Å²) < 4.78 is 2.07. The molecule has 2 rings (SSSR count). The molecule has 4 nitrogen and oxygen atoms in total. The molecule has 0 bridgehead atoms. The van der Waals surface area contributed by atoms with Crippen LogP contribution in [0.15, 0.2) is 83.0 Å². The minimum Gasteiger partial charge on any atom is -0.378 e. The summed E-state index contributed by atoms with van der Waals surface area (Å²) in [6, 6.07) is 10.2. The Morgan fingerprint density at radius 2 is 2.04 bits per heavy atom. The van der Waals surface area contributed by atoms with Crippen molar-refractivity contribution in [1.29, 1.82) is 0 Å². The van der Waals surface area contributed by atoms with Crippen LogP contribution in [0, 0.1) is 0 Å². The van der Waals surface area contributed by atoms with E-state index >= 15 is 0 Å². The summed E-state index contributed by atoms with van der Waals surface area (Å²) in [7, 11) is 6.06. The maximum Gasteiger partial charge on any atom is 0.214 e. The number of aryl methyl sites for hydroxylation is 1. The highest BCUT2D eigenvalue weighted by atomic mass is 15.1. The molecule has 0 radical (unpaired) electrons. The smallest absolute Gasteiger partial charge is 0.214 e. The number of pyridine rings is 1. The highest BCUT2D eigenvalue weighted by molar-refractivity contribution is 5.78. The molecule has 0 fully saturated rings. The second kappa shape index (κ2) is 8.20. The van der Waals surface area contributed by atoms with Crippen molar-refractivity contribution in [3.05, 3.63) is 72.7 Å². The van der Waals surface area contributed by atoms with Gasteiger partial charge in [-0.3, -0.25) is 0 Å². The average molecular weight is 321 g/mol. The van der Waals surface area contributed by atoms with Crippen LogP contribution < -0.4 is 4.57 Å². The van der Waals surface area contributed by atoms with E-state index < -0.39 is 0 Å². The quantitative estimate of drug-likeness (QED) is 0.432. The van der Waals surface area contributed by atoms with Gasteiger partial charge >= 0.3 is 0 Å². The number of allylic oxidation sites excluding steroid dienone is 3. The number of fused-ring (bicyclic) bond motifs is 1. The second-order valence-corrected chi connectivity index (χ2v) is 5.82. The molecule has 1 heterocycles. The molecule has 1 aromatic heterocycles. The van der Waals surface area contributed by atoms with E-state index in [9.17, 15) is 0 Å². The molecule has 0 unspecified atom stereocenters. The van der Waals surface area contributed by atoms with Gasteiger partial charge in [0, 0.05) is 37.3 Å². The number of rotatable bonds is 6. The van der Waals surface area contributed by atoms with Gasteiger partial charge in [-0.15, -0.1) is 0 Å². The van der Waals surface area contributed by atoms with E-state index in [1.165, 1.54) is 5.39 Å². The van der Waals surface area contributed by atoms with E-state index in [-0.39, 0.29) is 0 Å². The Morgan fingerprint density at radius 3 is 2.75 bits per heavy atom. The fraction of sp³-hybridized carbons (Fsp3) is 0.250. The number of nitrogens with zero attached hydrogens (tertiary/aromatic N) is 4. The van der Waals surface area contributed by atoms with Crippen molar-refractivity contribution in [2.75, 3.05) is 14.1 Å². The first-order valence-corrected chi connectivity index (χ1v) is 8.06. The van der Waals surface area contributed by atoms with Gasteiger partial charge < -0.3 is 4.90 Å². The highest BCUT2D eigenvalue weighted by Crippen LogP contribution is 2.19. The van der Waals surface area contributed by atoms with Gasteiger partial charge in [-0.25, -0.2) is 4.57 Å². The van der Waals surface area contributed by atoms with Crippen molar-refractivity contribution in [3.63, 3.8) is 0 Å². The van der Waals surface area contributed by atoms with Gasteiger partial charge in [0.15, 0.2) is 6.20 Å². The number of hydrogen-bond acceptors (Lipinski definition) is 3. The molecule has 0 N–H and O–H groups in total. The zero-order valence-electron chi connectivity index (χ0n) is 14.9. The van der Waals surface area contributed by atoms with Crippen LogP contribution in [0.3, 0.4) is 0 Å². The first kappa shape index (κ1) is 17.6. The van der Waals surface area contributed by atoms with Crippen LogP contribution in [0.4, 0.5) is 5.69 Å². The lowest BCUT2D eigenvalue weighted by molar-refractivity contribution is -0.644. The lowest BCUT2D eigenvalue weighted by Crippen LogP contribution is -2.27. The van der Waals surface area contributed by atoms with Crippen molar-refractivity contribution < 1.29 is 4.57 Å². The van der Waals surface area contributed by atoms with Crippen LogP contribution in [-0.4, -0.2) is 19.0 Å². The molecule has 0 atom stereocenters. The third-order valence-corrected chi connectivity index (χ3v) is 3.65. The summed E-state index contributed by atoms with van der Waals surface area (Å²) >= 11 is 0. The van der Waals surface area contributed by atoms with Gasteiger partial charge in [0.1, 0.15) is 7.05 Å². The molecule has 4 heteroatoms. The van der Waals surface area contributed by atoms with E-state index in [4.69, 9.17) is 0 Å².